The number of nitrogens with zero attached hydrogens (tertiary/aromatic N) is 1. The Bertz CT molecular complexity index is 811. The van der Waals surface area contributed by atoms with E-state index in [2.05, 4.69) is 0 Å². The van der Waals surface area contributed by atoms with E-state index in [1.54, 1.807) is 24.3 Å². The standard InChI is InChI=1S/C17H21F2NO6S/c1-17(15(21)22,27(2,24)25)9-13-10-20(16(23)26-13)12-6-3-11(4-7-12)5-8-14(18)19/h3-4,6-7,13-14H,5,8-10H2,1-2H3,(H,21,22)/t13-,17+/m0/s1. The molecule has 0 bridgehead atoms. The number of hydrogen-bond donors (Lipinski definition) is 1. The zero-order chi connectivity index (χ0) is 20.4. The van der Waals surface area contributed by atoms with Gasteiger partial charge in [0.25, 0.3) is 0 Å². The molecule has 1 N–H and O–H groups in total. The maximum Gasteiger partial charge on any atom is 0.414 e. The average molecular weight is 405 g/mol. The smallest absolute Gasteiger partial charge is 0.414 e. The van der Waals surface area contributed by atoms with E-state index in [4.69, 9.17) is 4.74 Å². The molecule has 7 nitrogen and oxygen atoms in total. The van der Waals surface area contributed by atoms with Gasteiger partial charge in [-0.05, 0) is 31.0 Å². The molecule has 1 saturated heterocycles. The molecule has 1 aromatic carbocycles. The number of amides is 1. The van der Waals surface area contributed by atoms with Gasteiger partial charge in [-0.3, -0.25) is 9.69 Å². The lowest BCUT2D eigenvalue weighted by Gasteiger charge is -2.24. The monoisotopic (exact) mass is 405 g/mol. The zero-order valence-electron chi connectivity index (χ0n) is 14.9. The molecule has 2 atom stereocenters. The normalized spacial score (nSPS) is 19.8. The fraction of sp³-hybridized carbons (Fsp3) is 0.529. The molecule has 0 radical (unpaired) electrons. The highest BCUT2D eigenvalue weighted by molar-refractivity contribution is 7.92. The molecular formula is C17H21F2NO6S. The first-order valence-corrected chi connectivity index (χ1v) is 10.1. The third-order valence-corrected chi connectivity index (χ3v) is 6.64. The van der Waals surface area contributed by atoms with Gasteiger partial charge in [0.15, 0.2) is 14.6 Å². The van der Waals surface area contributed by atoms with Gasteiger partial charge in [-0.25, -0.2) is 22.0 Å². The average Bonchev–Trinajstić information content (AvgIpc) is 2.92. The molecule has 1 aliphatic heterocycles. The van der Waals surface area contributed by atoms with Gasteiger partial charge in [0.1, 0.15) is 6.10 Å². The van der Waals surface area contributed by atoms with Crippen molar-refractivity contribution in [2.75, 3.05) is 17.7 Å². The SMILES string of the molecule is C[C@@](C[C@H]1CN(c2ccc(CCC(F)F)cc2)C(=O)O1)(C(=O)O)S(C)(=O)=O. The van der Waals surface area contributed by atoms with Crippen LogP contribution in [0.2, 0.25) is 0 Å². The number of alkyl halides is 2. The van der Waals surface area contributed by atoms with Crippen LogP contribution in [0.25, 0.3) is 0 Å². The van der Waals surface area contributed by atoms with Gasteiger partial charge < -0.3 is 9.84 Å². The molecule has 2 rings (SSSR count). The molecule has 1 amide bonds. The largest absolute Gasteiger partial charge is 0.480 e. The number of halogens is 2. The van der Waals surface area contributed by atoms with Crippen molar-refractivity contribution in [3.8, 4) is 0 Å². The number of carboxylic acid groups (broad SMARTS) is 1. The quantitative estimate of drug-likeness (QED) is 0.713. The number of carbonyl (C=O) groups is 2. The molecule has 1 fully saturated rings. The number of sulfone groups is 1. The fourth-order valence-electron chi connectivity index (χ4n) is 2.79. The summed E-state index contributed by atoms with van der Waals surface area (Å²) < 4.78 is 51.3. The Labute approximate surface area is 155 Å². The van der Waals surface area contributed by atoms with Crippen molar-refractivity contribution in [1.29, 1.82) is 0 Å². The summed E-state index contributed by atoms with van der Waals surface area (Å²) in [5.41, 5.74) is 1.15. The Morgan fingerprint density at radius 2 is 1.96 bits per heavy atom. The third-order valence-electron chi connectivity index (χ3n) is 4.66. The number of ether oxygens (including phenoxy) is 1. The van der Waals surface area contributed by atoms with Crippen molar-refractivity contribution in [2.45, 2.75) is 43.5 Å². The Morgan fingerprint density at radius 1 is 1.37 bits per heavy atom. The number of rotatable bonds is 8. The van der Waals surface area contributed by atoms with Gasteiger partial charge in [0.05, 0.1) is 6.54 Å². The molecular weight excluding hydrogens is 384 g/mol. The molecule has 1 aliphatic rings. The number of carboxylic acids is 1. The molecule has 0 spiro atoms. The summed E-state index contributed by atoms with van der Waals surface area (Å²) in [6, 6.07) is 6.40. The van der Waals surface area contributed by atoms with Crippen LogP contribution in [0, 0.1) is 0 Å². The van der Waals surface area contributed by atoms with Gasteiger partial charge in [-0.15, -0.1) is 0 Å². The van der Waals surface area contributed by atoms with E-state index in [0.717, 1.165) is 13.2 Å². The van der Waals surface area contributed by atoms with E-state index in [0.29, 0.717) is 11.3 Å². The Morgan fingerprint density at radius 3 is 2.44 bits per heavy atom. The molecule has 10 heteroatoms. The highest BCUT2D eigenvalue weighted by Crippen LogP contribution is 2.30. The highest BCUT2D eigenvalue weighted by Gasteiger charge is 2.48. The summed E-state index contributed by atoms with van der Waals surface area (Å²) in [6.45, 7) is 1.08. The number of anilines is 1. The van der Waals surface area contributed by atoms with Gasteiger partial charge in [-0.2, -0.15) is 0 Å². The van der Waals surface area contributed by atoms with E-state index in [1.165, 1.54) is 4.90 Å². The number of benzene rings is 1. The lowest BCUT2D eigenvalue weighted by Crippen LogP contribution is -2.46. The molecule has 1 heterocycles. The van der Waals surface area contributed by atoms with Gasteiger partial charge >= 0.3 is 12.1 Å². The Kier molecular flexibility index (Phi) is 6.08. The van der Waals surface area contributed by atoms with Gasteiger partial charge in [0, 0.05) is 24.8 Å². The molecule has 0 saturated carbocycles. The van der Waals surface area contributed by atoms with Crippen LogP contribution >= 0.6 is 0 Å². The maximum absolute atomic E-state index is 12.3. The van der Waals surface area contributed by atoms with Crippen LogP contribution in [0.4, 0.5) is 19.3 Å². The number of aryl methyl sites for hydroxylation is 1. The van der Waals surface area contributed by atoms with Crippen LogP contribution < -0.4 is 4.90 Å². The minimum Gasteiger partial charge on any atom is -0.480 e. The second kappa shape index (κ2) is 7.79. The summed E-state index contributed by atoms with van der Waals surface area (Å²) in [6.07, 6.45) is -3.63. The van der Waals surface area contributed by atoms with Crippen molar-refractivity contribution in [3.63, 3.8) is 0 Å². The first-order valence-electron chi connectivity index (χ1n) is 8.22. The van der Waals surface area contributed by atoms with E-state index < -0.39 is 39.2 Å². The summed E-state index contributed by atoms with van der Waals surface area (Å²) in [5.74, 6) is -1.51. The summed E-state index contributed by atoms with van der Waals surface area (Å²) >= 11 is 0. The number of aliphatic carboxylic acids is 1. The summed E-state index contributed by atoms with van der Waals surface area (Å²) in [5, 5.41) is 9.31. The minimum absolute atomic E-state index is 0.00635. The van der Waals surface area contributed by atoms with Crippen LogP contribution in [0.3, 0.4) is 0 Å². The molecule has 27 heavy (non-hydrogen) atoms. The molecule has 150 valence electrons. The lowest BCUT2D eigenvalue weighted by molar-refractivity contribution is -0.140. The molecule has 0 unspecified atom stereocenters. The van der Waals surface area contributed by atoms with Crippen molar-refractivity contribution in [2.24, 2.45) is 0 Å². The van der Waals surface area contributed by atoms with Crippen molar-refractivity contribution < 1.29 is 36.6 Å². The number of hydrogen-bond acceptors (Lipinski definition) is 5. The van der Waals surface area contributed by atoms with Crippen molar-refractivity contribution in [3.05, 3.63) is 29.8 Å². The van der Waals surface area contributed by atoms with E-state index in [1.807, 2.05) is 0 Å². The van der Waals surface area contributed by atoms with E-state index in [-0.39, 0.29) is 25.8 Å². The minimum atomic E-state index is -3.94. The number of carbonyl (C=O) groups excluding carboxylic acids is 1. The van der Waals surface area contributed by atoms with Crippen LogP contribution in [-0.4, -0.2) is 55.7 Å². The predicted octanol–water partition coefficient (Wildman–Crippen LogP) is 2.49. The Balaban J connectivity index is 2.10. The van der Waals surface area contributed by atoms with E-state index in [9.17, 15) is 31.9 Å². The molecule has 0 aliphatic carbocycles. The van der Waals surface area contributed by atoms with Crippen LogP contribution in [0.15, 0.2) is 24.3 Å². The van der Waals surface area contributed by atoms with E-state index >= 15 is 0 Å². The topological polar surface area (TPSA) is 101 Å². The van der Waals surface area contributed by atoms with Gasteiger partial charge in [0.2, 0.25) is 6.43 Å². The van der Waals surface area contributed by atoms with Crippen molar-refractivity contribution >= 4 is 27.6 Å². The first-order chi connectivity index (χ1) is 12.4. The second-order valence-corrected chi connectivity index (χ2v) is 9.17. The lowest BCUT2D eigenvalue weighted by atomic mass is 10.0. The molecule has 1 aromatic rings. The van der Waals surface area contributed by atoms with Gasteiger partial charge in [-0.1, -0.05) is 12.1 Å². The second-order valence-electron chi connectivity index (χ2n) is 6.72. The van der Waals surface area contributed by atoms with Crippen molar-refractivity contribution in [1.82, 2.24) is 0 Å². The highest BCUT2D eigenvalue weighted by atomic mass is 32.2. The first kappa shape index (κ1) is 21.1. The van der Waals surface area contributed by atoms with Crippen LogP contribution in [0.5, 0.6) is 0 Å². The fourth-order valence-corrected chi connectivity index (χ4v) is 3.59. The summed E-state index contributed by atoms with van der Waals surface area (Å²) in [7, 11) is -3.94. The van der Waals surface area contributed by atoms with Crippen LogP contribution in [0.1, 0.15) is 25.3 Å². The Hall–Kier alpha value is -2.23. The van der Waals surface area contributed by atoms with Crippen LogP contribution in [-0.2, 0) is 25.8 Å². The molecule has 0 aromatic heterocycles. The zero-order valence-corrected chi connectivity index (χ0v) is 15.7. The number of cyclic esters (lactones) is 1. The maximum atomic E-state index is 12.3. The third kappa shape index (κ3) is 4.74. The predicted molar refractivity (Wildman–Crippen MR) is 93.9 cm³/mol. The summed E-state index contributed by atoms with van der Waals surface area (Å²) in [4.78, 5) is 24.8.